The number of hydrogen-bond donors (Lipinski definition) is 2. The van der Waals surface area contributed by atoms with Crippen LogP contribution in [0.1, 0.15) is 43.0 Å². The Hall–Kier alpha value is -1.44. The molecule has 0 spiro atoms. The van der Waals surface area contributed by atoms with Gasteiger partial charge in [-0.15, -0.1) is 23.7 Å². The van der Waals surface area contributed by atoms with Gasteiger partial charge in [0.1, 0.15) is 17.0 Å². The fraction of sp³-hybridized carbons (Fsp3) is 0.650. The molecule has 0 radical (unpaired) electrons. The molecule has 2 fully saturated rings. The molecule has 2 unspecified atom stereocenters. The lowest BCUT2D eigenvalue weighted by Gasteiger charge is -2.34. The third-order valence-corrected chi connectivity index (χ3v) is 7.20. The first-order chi connectivity index (χ1) is 13.0. The standard InChI is InChI=1S/C20H29N5OS.ClH/c1-12-10-16(4-7-21-12)24-19(26)15-5-8-25(9-6-15)18-17-13(2)14(3)27-20(17)23-11-22-18;/h11-12,15-16,21H,4-10H2,1-3H3,(H,24,26);1H. The third-order valence-electron chi connectivity index (χ3n) is 6.08. The topological polar surface area (TPSA) is 70.2 Å². The van der Waals surface area contributed by atoms with Gasteiger partial charge in [0.25, 0.3) is 0 Å². The molecular weight excluding hydrogens is 394 g/mol. The molecule has 2 aliphatic rings. The summed E-state index contributed by atoms with van der Waals surface area (Å²) in [5.74, 6) is 1.39. The smallest absolute Gasteiger partial charge is 0.223 e. The Labute approximate surface area is 176 Å². The average molecular weight is 424 g/mol. The number of nitrogens with one attached hydrogen (secondary N) is 2. The number of thiophene rings is 1. The Morgan fingerprint density at radius 2 is 2.00 bits per heavy atom. The number of anilines is 1. The highest BCUT2D eigenvalue weighted by atomic mass is 35.5. The van der Waals surface area contributed by atoms with Gasteiger partial charge in [-0.1, -0.05) is 0 Å². The summed E-state index contributed by atoms with van der Waals surface area (Å²) in [4.78, 5) is 26.4. The summed E-state index contributed by atoms with van der Waals surface area (Å²) in [6.45, 7) is 9.23. The Morgan fingerprint density at radius 3 is 2.71 bits per heavy atom. The van der Waals surface area contributed by atoms with Gasteiger partial charge in [0.2, 0.25) is 5.91 Å². The second-order valence-electron chi connectivity index (χ2n) is 8.01. The third kappa shape index (κ3) is 4.26. The average Bonchev–Trinajstić information content (AvgIpc) is 2.96. The van der Waals surface area contributed by atoms with E-state index in [4.69, 9.17) is 0 Å². The molecule has 0 bridgehead atoms. The number of aromatic nitrogens is 2. The SMILES string of the molecule is Cc1sc2ncnc(N3CCC(C(=O)NC4CCNC(C)C4)CC3)c2c1C.Cl. The predicted molar refractivity (Wildman–Crippen MR) is 118 cm³/mol. The molecule has 4 rings (SSSR count). The van der Waals surface area contributed by atoms with Gasteiger partial charge in [-0.3, -0.25) is 4.79 Å². The first-order valence-corrected chi connectivity index (χ1v) is 10.8. The van der Waals surface area contributed by atoms with Crippen LogP contribution >= 0.6 is 23.7 Å². The van der Waals surface area contributed by atoms with Crippen molar-refractivity contribution in [2.45, 2.75) is 58.5 Å². The molecule has 0 saturated carbocycles. The summed E-state index contributed by atoms with van der Waals surface area (Å²) in [6, 6.07) is 0.813. The molecule has 2 aromatic rings. The summed E-state index contributed by atoms with van der Waals surface area (Å²) < 4.78 is 0. The van der Waals surface area contributed by atoms with Crippen LogP contribution in [0.2, 0.25) is 0 Å². The van der Waals surface area contributed by atoms with E-state index in [1.165, 1.54) is 15.8 Å². The summed E-state index contributed by atoms with van der Waals surface area (Å²) >= 11 is 1.73. The van der Waals surface area contributed by atoms with E-state index in [9.17, 15) is 4.79 Å². The van der Waals surface area contributed by atoms with Crippen LogP contribution in [0.5, 0.6) is 0 Å². The lowest BCUT2D eigenvalue weighted by Crippen LogP contribution is -2.49. The van der Waals surface area contributed by atoms with E-state index in [1.807, 2.05) is 0 Å². The number of carbonyl (C=O) groups is 1. The van der Waals surface area contributed by atoms with Crippen molar-refractivity contribution >= 4 is 45.7 Å². The van der Waals surface area contributed by atoms with E-state index in [0.717, 1.165) is 56.0 Å². The first-order valence-electron chi connectivity index (χ1n) is 10.0. The number of amides is 1. The highest BCUT2D eigenvalue weighted by Gasteiger charge is 2.29. The minimum atomic E-state index is 0. The predicted octanol–water partition coefficient (Wildman–Crippen LogP) is 3.20. The van der Waals surface area contributed by atoms with Gasteiger partial charge >= 0.3 is 0 Å². The highest BCUT2D eigenvalue weighted by Crippen LogP contribution is 2.35. The van der Waals surface area contributed by atoms with E-state index >= 15 is 0 Å². The number of fused-ring (bicyclic) bond motifs is 1. The Bertz CT molecular complexity index is 833. The second kappa shape index (κ2) is 8.93. The molecule has 8 heteroatoms. The van der Waals surface area contributed by atoms with Crippen molar-refractivity contribution in [2.24, 2.45) is 5.92 Å². The summed E-state index contributed by atoms with van der Waals surface area (Å²) in [7, 11) is 0. The van der Waals surface area contributed by atoms with Crippen molar-refractivity contribution in [1.82, 2.24) is 20.6 Å². The Balaban J connectivity index is 0.00000225. The van der Waals surface area contributed by atoms with E-state index in [-0.39, 0.29) is 24.2 Å². The van der Waals surface area contributed by atoms with Crippen molar-refractivity contribution in [3.63, 3.8) is 0 Å². The summed E-state index contributed by atoms with van der Waals surface area (Å²) in [5.41, 5.74) is 1.28. The fourth-order valence-electron chi connectivity index (χ4n) is 4.34. The number of hydrogen-bond acceptors (Lipinski definition) is 6. The van der Waals surface area contributed by atoms with E-state index in [1.54, 1.807) is 17.7 Å². The molecule has 2 aromatic heterocycles. The fourth-order valence-corrected chi connectivity index (χ4v) is 5.33. The van der Waals surface area contributed by atoms with Crippen LogP contribution in [0.15, 0.2) is 6.33 Å². The second-order valence-corrected chi connectivity index (χ2v) is 9.21. The molecule has 154 valence electrons. The molecule has 6 nitrogen and oxygen atoms in total. The molecular formula is C20H30ClN5OS. The van der Waals surface area contributed by atoms with Crippen LogP contribution in [0, 0.1) is 19.8 Å². The first kappa shape index (κ1) is 21.3. The number of carbonyl (C=O) groups excluding carboxylic acids is 1. The normalized spacial score (nSPS) is 23.5. The molecule has 4 heterocycles. The van der Waals surface area contributed by atoms with Crippen LogP contribution in [0.3, 0.4) is 0 Å². The van der Waals surface area contributed by atoms with Crippen molar-refractivity contribution in [2.75, 3.05) is 24.5 Å². The Kier molecular flexibility index (Phi) is 6.78. The molecule has 2 atom stereocenters. The molecule has 2 aliphatic heterocycles. The number of rotatable bonds is 3. The summed E-state index contributed by atoms with van der Waals surface area (Å²) in [6.07, 6.45) is 5.51. The van der Waals surface area contributed by atoms with Gasteiger partial charge in [0, 0.05) is 36.0 Å². The van der Waals surface area contributed by atoms with Gasteiger partial charge in [-0.25, -0.2) is 9.97 Å². The largest absolute Gasteiger partial charge is 0.356 e. The molecule has 0 aromatic carbocycles. The van der Waals surface area contributed by atoms with Crippen LogP contribution in [0.25, 0.3) is 10.2 Å². The maximum atomic E-state index is 12.7. The molecule has 1 amide bonds. The van der Waals surface area contributed by atoms with Crippen molar-refractivity contribution in [3.05, 3.63) is 16.8 Å². The highest BCUT2D eigenvalue weighted by molar-refractivity contribution is 7.18. The van der Waals surface area contributed by atoms with E-state index in [2.05, 4.69) is 46.3 Å². The van der Waals surface area contributed by atoms with Crippen LogP contribution in [0.4, 0.5) is 5.82 Å². The van der Waals surface area contributed by atoms with Crippen LogP contribution in [-0.4, -0.2) is 47.6 Å². The lowest BCUT2D eigenvalue weighted by atomic mass is 9.94. The van der Waals surface area contributed by atoms with E-state index < -0.39 is 0 Å². The van der Waals surface area contributed by atoms with Gasteiger partial charge in [0.05, 0.1) is 5.39 Å². The molecule has 2 N–H and O–H groups in total. The van der Waals surface area contributed by atoms with Gasteiger partial charge in [-0.2, -0.15) is 0 Å². The maximum Gasteiger partial charge on any atom is 0.223 e. The quantitative estimate of drug-likeness (QED) is 0.793. The lowest BCUT2D eigenvalue weighted by molar-refractivity contribution is -0.126. The number of piperidine rings is 2. The van der Waals surface area contributed by atoms with Gasteiger partial charge in [-0.05, 0) is 58.6 Å². The summed E-state index contributed by atoms with van der Waals surface area (Å²) in [5, 5.41) is 7.92. The number of aryl methyl sites for hydroxylation is 2. The van der Waals surface area contributed by atoms with Crippen molar-refractivity contribution in [3.8, 4) is 0 Å². The number of nitrogens with zero attached hydrogens (tertiary/aromatic N) is 3. The van der Waals surface area contributed by atoms with Crippen molar-refractivity contribution < 1.29 is 4.79 Å². The van der Waals surface area contributed by atoms with Crippen LogP contribution < -0.4 is 15.5 Å². The van der Waals surface area contributed by atoms with Crippen molar-refractivity contribution in [1.29, 1.82) is 0 Å². The zero-order valence-corrected chi connectivity index (χ0v) is 18.5. The minimum absolute atomic E-state index is 0. The molecule has 28 heavy (non-hydrogen) atoms. The molecule has 0 aliphatic carbocycles. The zero-order valence-electron chi connectivity index (χ0n) is 16.8. The zero-order chi connectivity index (χ0) is 19.0. The van der Waals surface area contributed by atoms with Gasteiger partial charge in [0.15, 0.2) is 0 Å². The number of halogens is 1. The van der Waals surface area contributed by atoms with Crippen LogP contribution in [-0.2, 0) is 4.79 Å². The minimum Gasteiger partial charge on any atom is -0.356 e. The Morgan fingerprint density at radius 1 is 1.25 bits per heavy atom. The monoisotopic (exact) mass is 423 g/mol. The van der Waals surface area contributed by atoms with Gasteiger partial charge < -0.3 is 15.5 Å². The maximum absolute atomic E-state index is 12.7. The molecule has 2 saturated heterocycles. The van der Waals surface area contributed by atoms with E-state index in [0.29, 0.717) is 12.1 Å².